The molecule has 0 aliphatic rings. The van der Waals surface area contributed by atoms with Gasteiger partial charge in [-0.05, 0) is 30.5 Å². The van der Waals surface area contributed by atoms with Gasteiger partial charge in [-0.25, -0.2) is 4.79 Å². The number of nitrogens with one attached hydrogen (secondary N) is 2. The van der Waals surface area contributed by atoms with E-state index in [0.29, 0.717) is 6.54 Å². The Hall–Kier alpha value is -1.71. The van der Waals surface area contributed by atoms with Crippen molar-refractivity contribution in [3.8, 4) is 5.75 Å². The van der Waals surface area contributed by atoms with Gasteiger partial charge in [-0.1, -0.05) is 26.0 Å². The lowest BCUT2D eigenvalue weighted by atomic mass is 9.83. The summed E-state index contributed by atoms with van der Waals surface area (Å²) in [6, 6.07) is 4.09. The number of carbonyl (C=O) groups is 1. The Morgan fingerprint density at radius 1 is 1.26 bits per heavy atom. The predicted octanol–water partition coefficient (Wildman–Crippen LogP) is 2.52. The molecule has 19 heavy (non-hydrogen) atoms. The van der Waals surface area contributed by atoms with Gasteiger partial charge in [-0.3, -0.25) is 0 Å². The molecule has 4 nitrogen and oxygen atoms in total. The standard InChI is InChI=1S/C15H24N2O2/c1-10-7-12(8-11(2)13(10)19-6)15(3,4)9-17-14(18)16-5/h7-8H,9H2,1-6H3,(H2,16,17,18). The second-order valence-corrected chi connectivity index (χ2v) is 5.46. The summed E-state index contributed by atoms with van der Waals surface area (Å²) in [5, 5.41) is 5.42. The molecule has 1 rings (SSSR count). The molecule has 0 unspecified atom stereocenters. The number of ether oxygens (including phenoxy) is 1. The smallest absolute Gasteiger partial charge is 0.314 e. The number of benzene rings is 1. The van der Waals surface area contributed by atoms with Gasteiger partial charge in [0.25, 0.3) is 0 Å². The number of rotatable bonds is 4. The maximum atomic E-state index is 11.3. The molecule has 0 saturated heterocycles. The highest BCUT2D eigenvalue weighted by Gasteiger charge is 2.23. The largest absolute Gasteiger partial charge is 0.496 e. The van der Waals surface area contributed by atoms with Crippen molar-refractivity contribution in [3.05, 3.63) is 28.8 Å². The van der Waals surface area contributed by atoms with E-state index < -0.39 is 0 Å². The van der Waals surface area contributed by atoms with Crippen molar-refractivity contribution in [1.29, 1.82) is 0 Å². The summed E-state index contributed by atoms with van der Waals surface area (Å²) in [6.07, 6.45) is 0. The molecular formula is C15H24N2O2. The van der Waals surface area contributed by atoms with Crippen molar-refractivity contribution < 1.29 is 9.53 Å². The number of aryl methyl sites for hydroxylation is 2. The van der Waals surface area contributed by atoms with E-state index in [-0.39, 0.29) is 11.4 Å². The van der Waals surface area contributed by atoms with Crippen molar-refractivity contribution in [2.24, 2.45) is 0 Å². The maximum Gasteiger partial charge on any atom is 0.314 e. The van der Waals surface area contributed by atoms with E-state index in [1.165, 1.54) is 5.56 Å². The van der Waals surface area contributed by atoms with Crippen molar-refractivity contribution >= 4 is 6.03 Å². The van der Waals surface area contributed by atoms with E-state index in [1.54, 1.807) is 14.2 Å². The monoisotopic (exact) mass is 264 g/mol. The lowest BCUT2D eigenvalue weighted by molar-refractivity contribution is 0.240. The topological polar surface area (TPSA) is 50.4 Å². The van der Waals surface area contributed by atoms with Crippen molar-refractivity contribution in [1.82, 2.24) is 10.6 Å². The van der Waals surface area contributed by atoms with Crippen LogP contribution in [0.3, 0.4) is 0 Å². The lowest BCUT2D eigenvalue weighted by Gasteiger charge is -2.27. The van der Waals surface area contributed by atoms with Gasteiger partial charge in [0.15, 0.2) is 0 Å². The highest BCUT2D eigenvalue weighted by molar-refractivity contribution is 5.73. The third kappa shape index (κ3) is 3.63. The van der Waals surface area contributed by atoms with Crippen molar-refractivity contribution in [3.63, 3.8) is 0 Å². The number of carbonyl (C=O) groups excluding carboxylic acids is 1. The molecule has 0 saturated carbocycles. The first-order valence-corrected chi connectivity index (χ1v) is 6.43. The molecule has 0 aromatic heterocycles. The first-order valence-electron chi connectivity index (χ1n) is 6.43. The highest BCUT2D eigenvalue weighted by atomic mass is 16.5. The van der Waals surface area contributed by atoms with E-state index in [2.05, 4.69) is 36.6 Å². The van der Waals surface area contributed by atoms with Gasteiger partial charge >= 0.3 is 6.03 Å². The molecule has 0 bridgehead atoms. The molecule has 2 N–H and O–H groups in total. The van der Waals surface area contributed by atoms with Crippen molar-refractivity contribution in [2.75, 3.05) is 20.7 Å². The van der Waals surface area contributed by atoms with E-state index >= 15 is 0 Å². The Labute approximate surface area is 115 Å². The fraction of sp³-hybridized carbons (Fsp3) is 0.533. The van der Waals surface area contributed by atoms with Gasteiger partial charge in [0.1, 0.15) is 5.75 Å². The van der Waals surface area contributed by atoms with Crippen LogP contribution in [0.1, 0.15) is 30.5 Å². The third-order valence-electron chi connectivity index (χ3n) is 3.36. The van der Waals surface area contributed by atoms with Crippen LogP contribution < -0.4 is 15.4 Å². The number of hydrogen-bond acceptors (Lipinski definition) is 2. The predicted molar refractivity (Wildman–Crippen MR) is 78.0 cm³/mol. The van der Waals surface area contributed by atoms with Crippen LogP contribution in [-0.2, 0) is 5.41 Å². The first-order chi connectivity index (χ1) is 8.81. The van der Waals surface area contributed by atoms with Gasteiger partial charge in [0.2, 0.25) is 0 Å². The normalized spacial score (nSPS) is 11.1. The van der Waals surface area contributed by atoms with E-state index in [4.69, 9.17) is 4.74 Å². The van der Waals surface area contributed by atoms with Gasteiger partial charge in [-0.2, -0.15) is 0 Å². The lowest BCUT2D eigenvalue weighted by Crippen LogP contribution is -2.41. The summed E-state index contributed by atoms with van der Waals surface area (Å²) in [4.78, 5) is 11.3. The minimum atomic E-state index is -0.157. The molecule has 0 aliphatic heterocycles. The van der Waals surface area contributed by atoms with Crippen LogP contribution in [0.5, 0.6) is 5.75 Å². The summed E-state index contributed by atoms with van der Waals surface area (Å²) in [5.41, 5.74) is 3.30. The molecule has 2 amide bonds. The molecule has 0 heterocycles. The maximum absolute atomic E-state index is 11.3. The Kier molecular flexibility index (Phi) is 4.81. The molecule has 0 aliphatic carbocycles. The summed E-state index contributed by atoms with van der Waals surface area (Å²) < 4.78 is 5.38. The molecule has 1 aromatic rings. The van der Waals surface area contributed by atoms with Gasteiger partial charge in [-0.15, -0.1) is 0 Å². The molecule has 106 valence electrons. The molecule has 0 spiro atoms. The zero-order valence-electron chi connectivity index (χ0n) is 12.7. The average Bonchev–Trinajstić information content (AvgIpc) is 2.35. The van der Waals surface area contributed by atoms with Crippen LogP contribution in [-0.4, -0.2) is 26.7 Å². The molecule has 0 radical (unpaired) electrons. The number of methoxy groups -OCH3 is 1. The van der Waals surface area contributed by atoms with E-state index in [9.17, 15) is 4.79 Å². The molecular weight excluding hydrogens is 240 g/mol. The summed E-state index contributed by atoms with van der Waals surface area (Å²) in [5.74, 6) is 0.929. The Balaban J connectivity index is 2.98. The van der Waals surface area contributed by atoms with Crippen molar-refractivity contribution in [2.45, 2.75) is 33.1 Å². The van der Waals surface area contributed by atoms with Crippen LogP contribution in [0.4, 0.5) is 4.79 Å². The van der Waals surface area contributed by atoms with Gasteiger partial charge in [0, 0.05) is 19.0 Å². The Morgan fingerprint density at radius 2 is 1.79 bits per heavy atom. The Bertz CT molecular complexity index is 444. The van der Waals surface area contributed by atoms with Gasteiger partial charge in [0.05, 0.1) is 7.11 Å². The molecule has 0 atom stereocenters. The van der Waals surface area contributed by atoms with Crippen LogP contribution in [0.2, 0.25) is 0 Å². The fourth-order valence-electron chi connectivity index (χ4n) is 2.15. The zero-order chi connectivity index (χ0) is 14.6. The summed E-state index contributed by atoms with van der Waals surface area (Å²) >= 11 is 0. The first kappa shape index (κ1) is 15.3. The number of hydrogen-bond donors (Lipinski definition) is 2. The minimum absolute atomic E-state index is 0.131. The van der Waals surface area contributed by atoms with Crippen LogP contribution in [0.15, 0.2) is 12.1 Å². The SMILES string of the molecule is CNC(=O)NCC(C)(C)c1cc(C)c(OC)c(C)c1. The van der Waals surface area contributed by atoms with Crippen LogP contribution in [0, 0.1) is 13.8 Å². The molecule has 1 aromatic carbocycles. The van der Waals surface area contributed by atoms with Gasteiger partial charge < -0.3 is 15.4 Å². The average molecular weight is 264 g/mol. The molecule has 4 heteroatoms. The van der Waals surface area contributed by atoms with E-state index in [1.807, 2.05) is 13.8 Å². The summed E-state index contributed by atoms with van der Waals surface area (Å²) in [6.45, 7) is 8.89. The highest BCUT2D eigenvalue weighted by Crippen LogP contribution is 2.30. The Morgan fingerprint density at radius 3 is 2.21 bits per heavy atom. The van der Waals surface area contributed by atoms with Crippen LogP contribution >= 0.6 is 0 Å². The molecule has 0 fully saturated rings. The summed E-state index contributed by atoms with van der Waals surface area (Å²) in [7, 11) is 3.30. The third-order valence-corrected chi connectivity index (χ3v) is 3.36. The quantitative estimate of drug-likeness (QED) is 0.878. The number of urea groups is 1. The van der Waals surface area contributed by atoms with Crippen LogP contribution in [0.25, 0.3) is 0 Å². The minimum Gasteiger partial charge on any atom is -0.496 e. The second kappa shape index (κ2) is 5.95. The fourth-order valence-corrected chi connectivity index (χ4v) is 2.15. The van der Waals surface area contributed by atoms with E-state index in [0.717, 1.165) is 16.9 Å². The zero-order valence-corrected chi connectivity index (χ0v) is 12.7. The second-order valence-electron chi connectivity index (χ2n) is 5.46. The number of amides is 2.